The highest BCUT2D eigenvalue weighted by molar-refractivity contribution is 7.11. The summed E-state index contributed by atoms with van der Waals surface area (Å²) in [6, 6.07) is 7.38. The number of nitrogens with zero attached hydrogens (tertiary/aromatic N) is 1. The minimum absolute atomic E-state index is 0.568. The molecule has 0 amide bonds. The van der Waals surface area contributed by atoms with Crippen LogP contribution in [0.25, 0.3) is 0 Å². The predicted octanol–water partition coefficient (Wildman–Crippen LogP) is 3.44. The maximum atomic E-state index is 5.82. The molecule has 2 rings (SSSR count). The Labute approximate surface area is 122 Å². The molecule has 0 bridgehead atoms. The zero-order valence-electron chi connectivity index (χ0n) is 10.9. The quantitative estimate of drug-likeness (QED) is 0.888. The second kappa shape index (κ2) is 6.89. The Bertz CT molecular complexity index is 503. The molecule has 1 aromatic carbocycles. The summed E-state index contributed by atoms with van der Waals surface area (Å²) in [5, 5.41) is 1.80. The largest absolute Gasteiger partial charge is 0.493 e. The number of benzene rings is 1. The van der Waals surface area contributed by atoms with Gasteiger partial charge < -0.3 is 10.5 Å². The van der Waals surface area contributed by atoms with Crippen LogP contribution < -0.4 is 10.5 Å². The lowest BCUT2D eigenvalue weighted by atomic mass is 10.3. The lowest BCUT2D eigenvalue weighted by Crippen LogP contribution is -2.01. The first-order valence-electron chi connectivity index (χ1n) is 6.28. The SMILES string of the molecule is CCc1nc(CCOc2ccc(Cl)cc2)sc1CN. The van der Waals surface area contributed by atoms with E-state index in [-0.39, 0.29) is 0 Å². The van der Waals surface area contributed by atoms with Crippen LogP contribution in [0.3, 0.4) is 0 Å². The van der Waals surface area contributed by atoms with Crippen LogP contribution in [0.15, 0.2) is 24.3 Å². The molecule has 102 valence electrons. The topological polar surface area (TPSA) is 48.1 Å². The molecule has 0 radical (unpaired) electrons. The van der Waals surface area contributed by atoms with Gasteiger partial charge in [-0.3, -0.25) is 0 Å². The lowest BCUT2D eigenvalue weighted by molar-refractivity contribution is 0.321. The van der Waals surface area contributed by atoms with Crippen molar-refractivity contribution in [2.45, 2.75) is 26.3 Å². The van der Waals surface area contributed by atoms with E-state index in [2.05, 4.69) is 11.9 Å². The summed E-state index contributed by atoms with van der Waals surface area (Å²) in [4.78, 5) is 5.77. The number of halogens is 1. The zero-order chi connectivity index (χ0) is 13.7. The third-order valence-corrected chi connectivity index (χ3v) is 4.17. The molecule has 0 spiro atoms. The Balaban J connectivity index is 1.88. The van der Waals surface area contributed by atoms with Crippen molar-refractivity contribution in [1.29, 1.82) is 0 Å². The van der Waals surface area contributed by atoms with Gasteiger partial charge in [0.05, 0.1) is 17.3 Å². The molecule has 5 heteroatoms. The summed E-state index contributed by atoms with van der Waals surface area (Å²) >= 11 is 7.50. The van der Waals surface area contributed by atoms with E-state index < -0.39 is 0 Å². The lowest BCUT2D eigenvalue weighted by Gasteiger charge is -2.04. The van der Waals surface area contributed by atoms with Crippen LogP contribution in [0, 0.1) is 0 Å². The van der Waals surface area contributed by atoms with Crippen molar-refractivity contribution in [3.05, 3.63) is 44.9 Å². The Hall–Kier alpha value is -1.10. The first-order chi connectivity index (χ1) is 9.22. The first-order valence-corrected chi connectivity index (χ1v) is 7.48. The summed E-state index contributed by atoms with van der Waals surface area (Å²) in [6.45, 7) is 3.28. The predicted molar refractivity (Wildman–Crippen MR) is 80.0 cm³/mol. The standard InChI is InChI=1S/C14H17ClN2OS/c1-2-12-13(9-16)19-14(17-12)7-8-18-11-5-3-10(15)4-6-11/h3-6H,2,7-9,16H2,1H3. The molecular formula is C14H17ClN2OS. The average molecular weight is 297 g/mol. The Morgan fingerprint density at radius 1 is 1.32 bits per heavy atom. The third-order valence-electron chi connectivity index (χ3n) is 2.74. The van der Waals surface area contributed by atoms with Crippen LogP contribution >= 0.6 is 22.9 Å². The molecule has 3 nitrogen and oxygen atoms in total. The van der Waals surface area contributed by atoms with Crippen molar-refractivity contribution in [1.82, 2.24) is 4.98 Å². The maximum absolute atomic E-state index is 5.82. The van der Waals surface area contributed by atoms with Crippen LogP contribution in [0.2, 0.25) is 5.02 Å². The number of ether oxygens (including phenoxy) is 1. The van der Waals surface area contributed by atoms with Gasteiger partial charge in [0.1, 0.15) is 5.75 Å². The van der Waals surface area contributed by atoms with Gasteiger partial charge in [0.15, 0.2) is 0 Å². The average Bonchev–Trinajstić information content (AvgIpc) is 2.83. The molecule has 0 aliphatic heterocycles. The van der Waals surface area contributed by atoms with E-state index in [9.17, 15) is 0 Å². The number of hydrogen-bond acceptors (Lipinski definition) is 4. The van der Waals surface area contributed by atoms with Gasteiger partial charge in [0, 0.05) is 22.9 Å². The second-order valence-corrected chi connectivity index (χ2v) is 5.69. The number of nitrogens with two attached hydrogens (primary N) is 1. The summed E-state index contributed by atoms with van der Waals surface area (Å²) in [5.41, 5.74) is 6.82. The first kappa shape index (κ1) is 14.3. The molecule has 19 heavy (non-hydrogen) atoms. The van der Waals surface area contributed by atoms with E-state index in [0.29, 0.717) is 18.2 Å². The molecule has 2 aromatic rings. The number of thiazole rings is 1. The molecule has 0 saturated heterocycles. The molecular weight excluding hydrogens is 280 g/mol. The van der Waals surface area contributed by atoms with Crippen LogP contribution in [0.4, 0.5) is 0 Å². The van der Waals surface area contributed by atoms with E-state index >= 15 is 0 Å². The molecule has 2 N–H and O–H groups in total. The fraction of sp³-hybridized carbons (Fsp3) is 0.357. The zero-order valence-corrected chi connectivity index (χ0v) is 12.4. The summed E-state index contributed by atoms with van der Waals surface area (Å²) in [7, 11) is 0. The molecule has 0 aliphatic carbocycles. The molecule has 0 aliphatic rings. The number of rotatable bonds is 6. The van der Waals surface area contributed by atoms with Crippen LogP contribution in [-0.2, 0) is 19.4 Å². The van der Waals surface area contributed by atoms with Gasteiger partial charge >= 0.3 is 0 Å². The van der Waals surface area contributed by atoms with Crippen molar-refractivity contribution in [3.63, 3.8) is 0 Å². The highest BCUT2D eigenvalue weighted by Gasteiger charge is 2.08. The molecule has 0 fully saturated rings. The van der Waals surface area contributed by atoms with Gasteiger partial charge in [-0.05, 0) is 30.7 Å². The monoisotopic (exact) mass is 296 g/mol. The molecule has 1 aromatic heterocycles. The van der Waals surface area contributed by atoms with Gasteiger partial charge in [-0.25, -0.2) is 4.98 Å². The highest BCUT2D eigenvalue weighted by Crippen LogP contribution is 2.20. The van der Waals surface area contributed by atoms with E-state index in [1.165, 1.54) is 4.88 Å². The van der Waals surface area contributed by atoms with Gasteiger partial charge in [0.25, 0.3) is 0 Å². The summed E-state index contributed by atoms with van der Waals surface area (Å²) in [6.07, 6.45) is 1.74. The fourth-order valence-electron chi connectivity index (χ4n) is 1.77. The highest BCUT2D eigenvalue weighted by atomic mass is 35.5. The van der Waals surface area contributed by atoms with E-state index in [1.54, 1.807) is 11.3 Å². The molecule has 0 atom stereocenters. The van der Waals surface area contributed by atoms with E-state index in [0.717, 1.165) is 29.3 Å². The third kappa shape index (κ3) is 3.93. The maximum Gasteiger partial charge on any atom is 0.119 e. The van der Waals surface area contributed by atoms with Crippen molar-refractivity contribution >= 4 is 22.9 Å². The van der Waals surface area contributed by atoms with Crippen molar-refractivity contribution in [2.24, 2.45) is 5.73 Å². The molecule has 1 heterocycles. The summed E-state index contributed by atoms with van der Waals surface area (Å²) < 4.78 is 5.66. The number of aromatic nitrogens is 1. The fourth-order valence-corrected chi connectivity index (χ4v) is 2.91. The van der Waals surface area contributed by atoms with Crippen molar-refractivity contribution < 1.29 is 4.74 Å². The minimum Gasteiger partial charge on any atom is -0.493 e. The Morgan fingerprint density at radius 3 is 2.63 bits per heavy atom. The van der Waals surface area contributed by atoms with Gasteiger partial charge in [0.2, 0.25) is 0 Å². The Morgan fingerprint density at radius 2 is 2.05 bits per heavy atom. The molecule has 0 unspecified atom stereocenters. The van der Waals surface area contributed by atoms with E-state index in [4.69, 9.17) is 22.1 Å². The minimum atomic E-state index is 0.568. The van der Waals surface area contributed by atoms with Gasteiger partial charge in [-0.15, -0.1) is 11.3 Å². The smallest absolute Gasteiger partial charge is 0.119 e. The second-order valence-electron chi connectivity index (χ2n) is 4.09. The van der Waals surface area contributed by atoms with Crippen molar-refractivity contribution in [2.75, 3.05) is 6.61 Å². The van der Waals surface area contributed by atoms with Gasteiger partial charge in [-0.2, -0.15) is 0 Å². The van der Waals surface area contributed by atoms with Crippen molar-refractivity contribution in [3.8, 4) is 5.75 Å². The van der Waals surface area contributed by atoms with Crippen LogP contribution in [0.1, 0.15) is 22.5 Å². The number of hydrogen-bond donors (Lipinski definition) is 1. The number of aryl methyl sites for hydroxylation is 1. The Kier molecular flexibility index (Phi) is 5.19. The van der Waals surface area contributed by atoms with E-state index in [1.807, 2.05) is 24.3 Å². The van der Waals surface area contributed by atoms with Gasteiger partial charge in [-0.1, -0.05) is 18.5 Å². The van der Waals surface area contributed by atoms with Crippen LogP contribution in [0.5, 0.6) is 5.75 Å². The van der Waals surface area contributed by atoms with Crippen LogP contribution in [-0.4, -0.2) is 11.6 Å². The molecule has 0 saturated carbocycles. The normalized spacial score (nSPS) is 10.7. The summed E-state index contributed by atoms with van der Waals surface area (Å²) in [5.74, 6) is 0.829.